The highest BCUT2D eigenvalue weighted by Gasteiger charge is 2.10. The summed E-state index contributed by atoms with van der Waals surface area (Å²) >= 11 is 6.09. The molecule has 2 N–H and O–H groups in total. The van der Waals surface area contributed by atoms with Gasteiger partial charge in [0.05, 0.1) is 6.21 Å². The van der Waals surface area contributed by atoms with Gasteiger partial charge in [-0.25, -0.2) is 5.43 Å². The van der Waals surface area contributed by atoms with Crippen molar-refractivity contribution in [2.24, 2.45) is 5.10 Å². The van der Waals surface area contributed by atoms with Gasteiger partial charge in [-0.2, -0.15) is 5.10 Å². The maximum absolute atomic E-state index is 11.4. The zero-order valence-corrected chi connectivity index (χ0v) is 14.4. The van der Waals surface area contributed by atoms with Crippen molar-refractivity contribution in [3.05, 3.63) is 64.7 Å². The molecule has 6 nitrogen and oxygen atoms in total. The number of nitrogens with zero attached hydrogens (tertiary/aromatic N) is 1. The van der Waals surface area contributed by atoms with E-state index in [4.69, 9.17) is 16.3 Å². The van der Waals surface area contributed by atoms with E-state index in [9.17, 15) is 9.59 Å². The van der Waals surface area contributed by atoms with Gasteiger partial charge in [-0.05, 0) is 30.7 Å². The molecule has 0 aliphatic heterocycles. The molecular weight excluding hydrogens is 342 g/mol. The van der Waals surface area contributed by atoms with Gasteiger partial charge in [0.2, 0.25) is 0 Å². The molecule has 0 saturated carbocycles. The number of amides is 2. The van der Waals surface area contributed by atoms with E-state index in [1.54, 1.807) is 31.2 Å². The molecule has 2 rings (SSSR count). The van der Waals surface area contributed by atoms with Crippen LogP contribution in [-0.2, 0) is 16.2 Å². The van der Waals surface area contributed by atoms with Gasteiger partial charge in [0, 0.05) is 17.1 Å². The normalized spacial score (nSPS) is 10.5. The minimum Gasteiger partial charge on any atom is -0.489 e. The van der Waals surface area contributed by atoms with E-state index in [1.165, 1.54) is 6.21 Å². The molecule has 0 bridgehead atoms. The Morgan fingerprint density at radius 2 is 1.96 bits per heavy atom. The molecule has 0 saturated heterocycles. The standard InChI is InChI=1S/C18H18ClN3O3/c1-2-20-17(23)18(24)22-21-11-13-6-5-8-15(10-13)25-12-14-7-3-4-9-16(14)19/h3-11H,2,12H2,1H3,(H,20,23)(H,22,24)/b21-11-. The summed E-state index contributed by atoms with van der Waals surface area (Å²) in [5.74, 6) is -0.903. The second kappa shape index (κ2) is 9.44. The maximum Gasteiger partial charge on any atom is 0.329 e. The molecule has 2 aromatic carbocycles. The van der Waals surface area contributed by atoms with Gasteiger partial charge in [-0.3, -0.25) is 9.59 Å². The highest BCUT2D eigenvalue weighted by Crippen LogP contribution is 2.19. The Kier molecular flexibility index (Phi) is 6.98. The Balaban J connectivity index is 1.92. The van der Waals surface area contributed by atoms with Crippen molar-refractivity contribution >= 4 is 29.6 Å². The van der Waals surface area contributed by atoms with Crippen LogP contribution in [0.5, 0.6) is 5.75 Å². The number of carbonyl (C=O) groups excluding carboxylic acids is 2. The van der Waals surface area contributed by atoms with Crippen LogP contribution in [0.2, 0.25) is 5.02 Å². The van der Waals surface area contributed by atoms with Crippen molar-refractivity contribution in [3.8, 4) is 5.75 Å². The first-order valence-corrected chi connectivity index (χ1v) is 8.05. The van der Waals surface area contributed by atoms with Gasteiger partial charge >= 0.3 is 11.8 Å². The summed E-state index contributed by atoms with van der Waals surface area (Å²) in [6.07, 6.45) is 1.43. The van der Waals surface area contributed by atoms with E-state index in [0.29, 0.717) is 29.5 Å². The van der Waals surface area contributed by atoms with Crippen LogP contribution < -0.4 is 15.5 Å². The second-order valence-electron chi connectivity index (χ2n) is 5.01. The van der Waals surface area contributed by atoms with Gasteiger partial charge < -0.3 is 10.1 Å². The molecule has 0 heterocycles. The second-order valence-corrected chi connectivity index (χ2v) is 5.42. The van der Waals surface area contributed by atoms with Gasteiger partial charge in [0.1, 0.15) is 12.4 Å². The third-order valence-electron chi connectivity index (χ3n) is 3.13. The molecule has 0 aliphatic rings. The summed E-state index contributed by atoms with van der Waals surface area (Å²) in [6.45, 7) is 2.44. The van der Waals surface area contributed by atoms with Crippen LogP contribution in [-0.4, -0.2) is 24.6 Å². The summed E-state index contributed by atoms with van der Waals surface area (Å²) < 4.78 is 5.71. The monoisotopic (exact) mass is 359 g/mol. The molecule has 0 atom stereocenters. The smallest absolute Gasteiger partial charge is 0.329 e. The number of rotatable bonds is 6. The van der Waals surface area contributed by atoms with E-state index in [0.717, 1.165) is 5.56 Å². The van der Waals surface area contributed by atoms with Crippen molar-refractivity contribution in [1.29, 1.82) is 0 Å². The van der Waals surface area contributed by atoms with E-state index in [-0.39, 0.29) is 0 Å². The van der Waals surface area contributed by atoms with Crippen molar-refractivity contribution in [2.75, 3.05) is 6.54 Å². The SMILES string of the molecule is CCNC(=O)C(=O)N/N=C\c1cccc(OCc2ccccc2Cl)c1. The van der Waals surface area contributed by atoms with Crippen LogP contribution in [0, 0.1) is 0 Å². The summed E-state index contributed by atoms with van der Waals surface area (Å²) in [6, 6.07) is 14.6. The quantitative estimate of drug-likeness (QED) is 0.472. The molecule has 0 spiro atoms. The van der Waals surface area contributed by atoms with Crippen LogP contribution in [0.4, 0.5) is 0 Å². The average Bonchev–Trinajstić information content (AvgIpc) is 2.61. The van der Waals surface area contributed by atoms with Crippen LogP contribution in [0.25, 0.3) is 0 Å². The van der Waals surface area contributed by atoms with E-state index >= 15 is 0 Å². The summed E-state index contributed by atoms with van der Waals surface area (Å²) in [7, 11) is 0. The predicted molar refractivity (Wildman–Crippen MR) is 96.6 cm³/mol. The lowest BCUT2D eigenvalue weighted by atomic mass is 10.2. The minimum absolute atomic E-state index is 0.341. The highest BCUT2D eigenvalue weighted by atomic mass is 35.5. The third-order valence-corrected chi connectivity index (χ3v) is 3.50. The van der Waals surface area contributed by atoms with Crippen LogP contribution in [0.15, 0.2) is 53.6 Å². The molecule has 0 aliphatic carbocycles. The number of nitrogens with one attached hydrogen (secondary N) is 2. The Labute approximate surface area is 150 Å². The molecule has 130 valence electrons. The Hall–Kier alpha value is -2.86. The summed E-state index contributed by atoms with van der Waals surface area (Å²) in [4.78, 5) is 22.7. The van der Waals surface area contributed by atoms with E-state index in [2.05, 4.69) is 15.8 Å². The van der Waals surface area contributed by atoms with Gasteiger partial charge in [0.15, 0.2) is 0 Å². The van der Waals surface area contributed by atoms with E-state index in [1.807, 2.05) is 24.3 Å². The lowest BCUT2D eigenvalue weighted by Gasteiger charge is -2.08. The van der Waals surface area contributed by atoms with Gasteiger partial charge in [0.25, 0.3) is 0 Å². The molecule has 7 heteroatoms. The number of halogens is 1. The molecule has 2 aromatic rings. The molecule has 0 unspecified atom stereocenters. The lowest BCUT2D eigenvalue weighted by Crippen LogP contribution is -2.37. The molecule has 25 heavy (non-hydrogen) atoms. The number of benzene rings is 2. The molecule has 0 aromatic heterocycles. The zero-order valence-electron chi connectivity index (χ0n) is 13.7. The van der Waals surface area contributed by atoms with Crippen molar-refractivity contribution < 1.29 is 14.3 Å². The predicted octanol–water partition coefficient (Wildman–Crippen LogP) is 2.51. The Bertz CT molecular complexity index is 778. The zero-order chi connectivity index (χ0) is 18.1. The van der Waals surface area contributed by atoms with Crippen LogP contribution in [0.3, 0.4) is 0 Å². The minimum atomic E-state index is -0.816. The number of hydrazone groups is 1. The van der Waals surface area contributed by atoms with Crippen molar-refractivity contribution in [1.82, 2.24) is 10.7 Å². The first-order chi connectivity index (χ1) is 12.1. The number of ether oxygens (including phenoxy) is 1. The average molecular weight is 360 g/mol. The van der Waals surface area contributed by atoms with Gasteiger partial charge in [-0.1, -0.05) is 41.9 Å². The summed E-state index contributed by atoms with van der Waals surface area (Å²) in [5.41, 5.74) is 3.76. The number of hydrogen-bond acceptors (Lipinski definition) is 4. The summed E-state index contributed by atoms with van der Waals surface area (Å²) in [5, 5.41) is 6.79. The van der Waals surface area contributed by atoms with Crippen LogP contribution >= 0.6 is 11.6 Å². The third kappa shape index (κ3) is 5.93. The first kappa shape index (κ1) is 18.5. The maximum atomic E-state index is 11.4. The lowest BCUT2D eigenvalue weighted by molar-refractivity contribution is -0.139. The van der Waals surface area contributed by atoms with Crippen LogP contribution in [0.1, 0.15) is 18.1 Å². The number of carbonyl (C=O) groups is 2. The van der Waals surface area contributed by atoms with E-state index < -0.39 is 11.8 Å². The molecule has 2 amide bonds. The first-order valence-electron chi connectivity index (χ1n) is 7.67. The Morgan fingerprint density at radius 1 is 1.16 bits per heavy atom. The topological polar surface area (TPSA) is 79.8 Å². The van der Waals surface area contributed by atoms with Gasteiger partial charge in [-0.15, -0.1) is 0 Å². The molecular formula is C18H18ClN3O3. The largest absolute Gasteiger partial charge is 0.489 e. The fraction of sp³-hybridized carbons (Fsp3) is 0.167. The fourth-order valence-corrected chi connectivity index (χ4v) is 2.11. The van der Waals surface area contributed by atoms with Crippen molar-refractivity contribution in [2.45, 2.75) is 13.5 Å². The number of likely N-dealkylation sites (N-methyl/N-ethyl adjacent to an activating group) is 1. The fourth-order valence-electron chi connectivity index (χ4n) is 1.92. The van der Waals surface area contributed by atoms with Crippen molar-refractivity contribution in [3.63, 3.8) is 0 Å². The number of hydrogen-bond donors (Lipinski definition) is 2. The Morgan fingerprint density at radius 3 is 2.72 bits per heavy atom. The molecule has 0 radical (unpaired) electrons. The molecule has 0 fully saturated rings. The highest BCUT2D eigenvalue weighted by molar-refractivity contribution is 6.35.